The van der Waals surface area contributed by atoms with Gasteiger partial charge in [-0.2, -0.15) is 4.31 Å². The monoisotopic (exact) mass is 452 g/mol. The van der Waals surface area contributed by atoms with Crippen molar-refractivity contribution in [3.8, 4) is 11.8 Å². The lowest BCUT2D eigenvalue weighted by Gasteiger charge is -2.58. The molecule has 2 aromatic carbocycles. The van der Waals surface area contributed by atoms with Crippen LogP contribution in [0.25, 0.3) is 0 Å². The van der Waals surface area contributed by atoms with Gasteiger partial charge in [0.05, 0.1) is 30.1 Å². The van der Waals surface area contributed by atoms with Crippen molar-refractivity contribution in [3.05, 3.63) is 65.7 Å². The van der Waals surface area contributed by atoms with E-state index in [1.165, 1.54) is 4.31 Å². The molecule has 0 spiro atoms. The molecule has 0 saturated carbocycles. The quantitative estimate of drug-likeness (QED) is 0.707. The van der Waals surface area contributed by atoms with Crippen molar-refractivity contribution < 1.29 is 18.3 Å². The Hall–Kier alpha value is -2.66. The number of nitrogens with zero attached hydrogens (tertiary/aromatic N) is 2. The highest BCUT2D eigenvalue weighted by atomic mass is 32.2. The minimum absolute atomic E-state index is 0.129. The van der Waals surface area contributed by atoms with Gasteiger partial charge in [0, 0.05) is 24.4 Å². The highest BCUT2D eigenvalue weighted by Gasteiger charge is 2.55. The van der Waals surface area contributed by atoms with E-state index in [4.69, 9.17) is 0 Å². The van der Waals surface area contributed by atoms with Gasteiger partial charge in [0.1, 0.15) is 0 Å². The van der Waals surface area contributed by atoms with Crippen molar-refractivity contribution in [3.63, 3.8) is 0 Å². The Morgan fingerprint density at radius 2 is 1.78 bits per heavy atom. The summed E-state index contributed by atoms with van der Waals surface area (Å²) < 4.78 is 27.4. The van der Waals surface area contributed by atoms with Crippen LogP contribution < -0.4 is 0 Å². The third-order valence-corrected chi connectivity index (χ3v) is 7.97. The highest BCUT2D eigenvalue weighted by Crippen LogP contribution is 2.43. The normalized spacial score (nSPS) is 23.3. The summed E-state index contributed by atoms with van der Waals surface area (Å²) in [5.41, 5.74) is 1.89. The summed E-state index contributed by atoms with van der Waals surface area (Å²) in [6.07, 6.45) is 0.835. The summed E-state index contributed by atoms with van der Waals surface area (Å²) in [6.45, 7) is 4.10. The van der Waals surface area contributed by atoms with Crippen LogP contribution in [0.3, 0.4) is 0 Å². The molecule has 2 saturated heterocycles. The summed E-state index contributed by atoms with van der Waals surface area (Å²) in [6, 6.07) is 15.4. The van der Waals surface area contributed by atoms with Gasteiger partial charge in [-0.25, -0.2) is 8.42 Å². The molecule has 0 aromatic heterocycles. The molecule has 4 rings (SSSR count). The highest BCUT2D eigenvalue weighted by molar-refractivity contribution is 7.89. The molecule has 32 heavy (non-hydrogen) atoms. The van der Waals surface area contributed by atoms with E-state index in [0.29, 0.717) is 5.92 Å². The second-order valence-electron chi connectivity index (χ2n) is 8.78. The summed E-state index contributed by atoms with van der Waals surface area (Å²) in [7, 11) is -3.77. The predicted octanol–water partition coefficient (Wildman–Crippen LogP) is 2.44. The molecule has 0 unspecified atom stereocenters. The van der Waals surface area contributed by atoms with E-state index < -0.39 is 10.0 Å². The molecule has 2 fully saturated rings. The largest absolute Gasteiger partial charge is 0.394 e. The maximum absolute atomic E-state index is 13.1. The molecule has 1 N–H and O–H groups in total. The van der Waals surface area contributed by atoms with Crippen LogP contribution in [0.4, 0.5) is 0 Å². The number of aliphatic hydroxyl groups is 1. The summed E-state index contributed by atoms with van der Waals surface area (Å²) in [5, 5.41) is 9.95. The Balaban J connectivity index is 1.56. The molecule has 0 aliphatic carbocycles. The second kappa shape index (κ2) is 9.07. The van der Waals surface area contributed by atoms with Crippen LogP contribution in [0.15, 0.2) is 59.5 Å². The first-order valence-corrected chi connectivity index (χ1v) is 12.3. The third kappa shape index (κ3) is 4.18. The van der Waals surface area contributed by atoms with Crippen LogP contribution in [-0.2, 0) is 14.8 Å². The molecule has 6 nitrogen and oxygen atoms in total. The fraction of sp³-hybridized carbons (Fsp3) is 0.400. The Morgan fingerprint density at radius 3 is 2.41 bits per heavy atom. The first-order chi connectivity index (χ1) is 15.3. The first kappa shape index (κ1) is 22.5. The number of aliphatic hydroxyl groups excluding tert-OH is 1. The number of hydrogen-bond acceptors (Lipinski definition) is 4. The molecule has 0 bridgehead atoms. The van der Waals surface area contributed by atoms with Crippen molar-refractivity contribution in [2.45, 2.75) is 43.2 Å². The molecule has 2 aliphatic heterocycles. The summed E-state index contributed by atoms with van der Waals surface area (Å²) in [5.74, 6) is 6.45. The molecule has 1 amide bonds. The lowest BCUT2D eigenvalue weighted by molar-refractivity contribution is -0.158. The van der Waals surface area contributed by atoms with E-state index in [-0.39, 0.29) is 48.5 Å². The fourth-order valence-electron chi connectivity index (χ4n) is 4.54. The van der Waals surface area contributed by atoms with Gasteiger partial charge < -0.3 is 10.0 Å². The van der Waals surface area contributed by atoms with Crippen LogP contribution in [0.5, 0.6) is 0 Å². The van der Waals surface area contributed by atoms with Gasteiger partial charge in [-0.15, -0.1) is 0 Å². The van der Waals surface area contributed by atoms with Gasteiger partial charge >= 0.3 is 0 Å². The van der Waals surface area contributed by atoms with Crippen LogP contribution in [0.2, 0.25) is 0 Å². The molecular weight excluding hydrogens is 424 g/mol. The first-order valence-electron chi connectivity index (χ1n) is 10.9. The standard InChI is InChI=1S/C25H28N2O4S/c1-18(2)7-6-8-19-11-13-20(14-12-19)25-22-15-26(16-24(29)27(22)23(25)17-28)32(30,31)21-9-4-3-5-10-21/h3-5,9-14,18,22-23,25,28H,7,15-17H2,1-2H3/t22-,23+,25+/m1/s1. The minimum Gasteiger partial charge on any atom is -0.394 e. The van der Waals surface area contributed by atoms with Crippen LogP contribution in [-0.4, -0.2) is 60.4 Å². The van der Waals surface area contributed by atoms with E-state index in [2.05, 4.69) is 25.7 Å². The van der Waals surface area contributed by atoms with Gasteiger partial charge in [0.2, 0.25) is 15.9 Å². The number of hydrogen-bond donors (Lipinski definition) is 1. The SMILES string of the molecule is CC(C)CC#Cc1ccc([C@H]2[C@H]3CN(S(=O)(=O)c4ccccc4)CC(=O)N3[C@H]2CO)cc1. The Morgan fingerprint density at radius 1 is 1.09 bits per heavy atom. The van der Waals surface area contributed by atoms with Gasteiger partial charge in [-0.3, -0.25) is 4.79 Å². The van der Waals surface area contributed by atoms with Crippen molar-refractivity contribution in [1.29, 1.82) is 0 Å². The maximum atomic E-state index is 13.1. The molecule has 2 aliphatic rings. The van der Waals surface area contributed by atoms with Crippen LogP contribution >= 0.6 is 0 Å². The number of benzene rings is 2. The van der Waals surface area contributed by atoms with Crippen molar-refractivity contribution in [2.24, 2.45) is 5.92 Å². The summed E-state index contributed by atoms with van der Waals surface area (Å²) in [4.78, 5) is 14.6. The topological polar surface area (TPSA) is 77.9 Å². The second-order valence-corrected chi connectivity index (χ2v) is 10.7. The molecule has 3 atom stereocenters. The maximum Gasteiger partial charge on any atom is 0.243 e. The molecule has 7 heteroatoms. The van der Waals surface area contributed by atoms with Crippen molar-refractivity contribution in [2.75, 3.05) is 19.7 Å². The number of carbonyl (C=O) groups excluding carboxylic acids is 1. The average Bonchev–Trinajstić information content (AvgIpc) is 2.76. The van der Waals surface area contributed by atoms with Crippen LogP contribution in [0.1, 0.15) is 37.3 Å². The number of amides is 1. The zero-order valence-corrected chi connectivity index (χ0v) is 19.1. The molecule has 2 aromatic rings. The zero-order valence-electron chi connectivity index (χ0n) is 18.3. The fourth-order valence-corrected chi connectivity index (χ4v) is 5.97. The van der Waals surface area contributed by atoms with E-state index in [1.54, 1.807) is 35.2 Å². The molecule has 0 radical (unpaired) electrons. The number of carbonyl (C=O) groups is 1. The van der Waals surface area contributed by atoms with Gasteiger partial charge in [-0.05, 0) is 35.7 Å². The lowest BCUT2D eigenvalue weighted by atomic mass is 9.74. The van der Waals surface area contributed by atoms with E-state index in [1.807, 2.05) is 24.3 Å². The van der Waals surface area contributed by atoms with E-state index in [0.717, 1.165) is 17.5 Å². The van der Waals surface area contributed by atoms with Crippen molar-refractivity contribution >= 4 is 15.9 Å². The Kier molecular flexibility index (Phi) is 6.38. The number of fused-ring (bicyclic) bond motifs is 1. The number of rotatable bonds is 5. The van der Waals surface area contributed by atoms with Crippen LogP contribution in [0, 0.1) is 17.8 Å². The van der Waals surface area contributed by atoms with E-state index >= 15 is 0 Å². The van der Waals surface area contributed by atoms with Crippen molar-refractivity contribution in [1.82, 2.24) is 9.21 Å². The summed E-state index contributed by atoms with van der Waals surface area (Å²) >= 11 is 0. The van der Waals surface area contributed by atoms with E-state index in [9.17, 15) is 18.3 Å². The average molecular weight is 453 g/mol. The molecule has 2 heterocycles. The lowest BCUT2D eigenvalue weighted by Crippen LogP contribution is -2.73. The molecular formula is C25H28N2O4S. The minimum atomic E-state index is -3.77. The number of sulfonamides is 1. The van der Waals surface area contributed by atoms with Gasteiger partial charge in [-0.1, -0.05) is 56.0 Å². The number of piperazine rings is 1. The Labute approximate surface area is 189 Å². The van der Waals surface area contributed by atoms with Gasteiger partial charge in [0.25, 0.3) is 0 Å². The smallest absolute Gasteiger partial charge is 0.243 e. The predicted molar refractivity (Wildman–Crippen MR) is 122 cm³/mol. The zero-order chi connectivity index (χ0) is 22.9. The molecule has 168 valence electrons. The Bertz CT molecular complexity index is 1130. The third-order valence-electron chi connectivity index (χ3n) is 6.14. The van der Waals surface area contributed by atoms with Gasteiger partial charge in [0.15, 0.2) is 0 Å².